The molecule has 1 atom stereocenters. The Balaban J connectivity index is 1.56. The topological polar surface area (TPSA) is 75.7 Å². The van der Waals surface area contributed by atoms with Crippen LogP contribution < -0.4 is 4.72 Å². The van der Waals surface area contributed by atoms with Crippen molar-refractivity contribution in [1.82, 2.24) is 9.62 Å². The van der Waals surface area contributed by atoms with Gasteiger partial charge in [-0.1, -0.05) is 6.07 Å². The molecule has 1 amide bonds. The number of amides is 1. The summed E-state index contributed by atoms with van der Waals surface area (Å²) in [6, 6.07) is 6.28. The predicted octanol–water partition coefficient (Wildman–Crippen LogP) is 1.63. The number of ether oxygens (including phenoxy) is 1. The van der Waals surface area contributed by atoms with Crippen LogP contribution in [-0.4, -0.2) is 52.1 Å². The van der Waals surface area contributed by atoms with Crippen molar-refractivity contribution in [2.45, 2.75) is 30.6 Å². The fourth-order valence-corrected chi connectivity index (χ4v) is 4.11. The highest BCUT2D eigenvalue weighted by atomic mass is 32.2. The molecule has 2 heterocycles. The number of carbonyl (C=O) groups excluding carboxylic acids is 1. The zero-order valence-corrected chi connectivity index (χ0v) is 14.6. The first-order chi connectivity index (χ1) is 11.6. The normalized spacial score (nSPS) is 20.8. The van der Waals surface area contributed by atoms with Gasteiger partial charge in [-0.2, -0.15) is 0 Å². The quantitative estimate of drug-likeness (QED) is 0.757. The predicted molar refractivity (Wildman–Crippen MR) is 90.3 cm³/mol. The number of nitrogens with zero attached hydrogens (tertiary/aromatic N) is 1. The van der Waals surface area contributed by atoms with Crippen molar-refractivity contribution in [2.75, 3.05) is 32.8 Å². The van der Waals surface area contributed by atoms with Crippen LogP contribution in [0, 0.1) is 5.92 Å². The van der Waals surface area contributed by atoms with Crippen molar-refractivity contribution >= 4 is 15.9 Å². The Kier molecular flexibility index (Phi) is 5.53. The SMILES string of the molecule is O=C(c1cccc(S(=O)(=O)NCCCC2CCOC2)c1)N1CCC1. The summed E-state index contributed by atoms with van der Waals surface area (Å²) < 4.78 is 32.7. The van der Waals surface area contributed by atoms with Crippen molar-refractivity contribution in [1.29, 1.82) is 0 Å². The molecule has 1 N–H and O–H groups in total. The van der Waals surface area contributed by atoms with Crippen molar-refractivity contribution in [3.05, 3.63) is 29.8 Å². The van der Waals surface area contributed by atoms with Gasteiger partial charge >= 0.3 is 0 Å². The molecule has 2 fully saturated rings. The van der Waals surface area contributed by atoms with E-state index >= 15 is 0 Å². The molecule has 0 aliphatic carbocycles. The van der Waals surface area contributed by atoms with E-state index in [9.17, 15) is 13.2 Å². The lowest BCUT2D eigenvalue weighted by Gasteiger charge is -2.31. The lowest BCUT2D eigenvalue weighted by molar-refractivity contribution is 0.0651. The number of hydrogen-bond acceptors (Lipinski definition) is 4. The third-order valence-corrected chi connectivity index (χ3v) is 6.10. The zero-order chi connectivity index (χ0) is 17.0. The molecule has 3 rings (SSSR count). The van der Waals surface area contributed by atoms with Crippen molar-refractivity contribution in [3.8, 4) is 0 Å². The molecule has 2 aliphatic rings. The van der Waals surface area contributed by atoms with Gasteiger partial charge in [0.2, 0.25) is 10.0 Å². The Morgan fingerprint density at radius 1 is 1.33 bits per heavy atom. The number of rotatable bonds is 7. The monoisotopic (exact) mass is 352 g/mol. The standard InChI is InChI=1S/C17H24N2O4S/c20-17(19-9-3-10-19)15-5-1-6-16(12-15)24(21,22)18-8-2-4-14-7-11-23-13-14/h1,5-6,12,14,18H,2-4,7-11,13H2. The number of nitrogens with one attached hydrogen (secondary N) is 1. The summed E-state index contributed by atoms with van der Waals surface area (Å²) in [7, 11) is -3.58. The van der Waals surface area contributed by atoms with Crippen LogP contribution in [0.5, 0.6) is 0 Å². The van der Waals surface area contributed by atoms with Gasteiger partial charge in [-0.05, 0) is 49.8 Å². The minimum Gasteiger partial charge on any atom is -0.381 e. The van der Waals surface area contributed by atoms with Crippen LogP contribution >= 0.6 is 0 Å². The molecule has 0 saturated carbocycles. The van der Waals surface area contributed by atoms with E-state index < -0.39 is 10.0 Å². The van der Waals surface area contributed by atoms with E-state index in [-0.39, 0.29) is 10.8 Å². The van der Waals surface area contributed by atoms with Crippen LogP contribution in [0.1, 0.15) is 36.0 Å². The Labute approximate surface area is 143 Å². The largest absolute Gasteiger partial charge is 0.381 e. The van der Waals surface area contributed by atoms with Crippen LogP contribution in [0.25, 0.3) is 0 Å². The summed E-state index contributed by atoms with van der Waals surface area (Å²) >= 11 is 0. The van der Waals surface area contributed by atoms with Crippen LogP contribution in [0.4, 0.5) is 0 Å². The fourth-order valence-electron chi connectivity index (χ4n) is 2.99. The molecule has 6 nitrogen and oxygen atoms in total. The summed E-state index contributed by atoms with van der Waals surface area (Å²) in [6.07, 6.45) is 3.83. The molecule has 0 bridgehead atoms. The number of likely N-dealkylation sites (tertiary alicyclic amines) is 1. The molecule has 1 aromatic rings. The van der Waals surface area contributed by atoms with Crippen LogP contribution in [0.2, 0.25) is 0 Å². The van der Waals surface area contributed by atoms with Crippen molar-refractivity contribution in [2.24, 2.45) is 5.92 Å². The average Bonchev–Trinajstić information content (AvgIpc) is 3.03. The Morgan fingerprint density at radius 2 is 2.17 bits per heavy atom. The molecule has 1 aromatic carbocycles. The van der Waals surface area contributed by atoms with Gasteiger partial charge in [-0.25, -0.2) is 13.1 Å². The minimum absolute atomic E-state index is 0.0977. The van der Waals surface area contributed by atoms with Crippen molar-refractivity contribution < 1.29 is 17.9 Å². The van der Waals surface area contributed by atoms with E-state index in [1.165, 1.54) is 12.1 Å². The average molecular weight is 352 g/mol. The lowest BCUT2D eigenvalue weighted by Crippen LogP contribution is -2.42. The third-order valence-electron chi connectivity index (χ3n) is 4.64. The smallest absolute Gasteiger partial charge is 0.253 e. The molecule has 2 aliphatic heterocycles. The highest BCUT2D eigenvalue weighted by Crippen LogP contribution is 2.19. The third kappa shape index (κ3) is 4.15. The maximum absolute atomic E-state index is 12.4. The molecule has 1 unspecified atom stereocenters. The van der Waals surface area contributed by atoms with Crippen molar-refractivity contribution in [3.63, 3.8) is 0 Å². The van der Waals surface area contributed by atoms with Crippen LogP contribution in [-0.2, 0) is 14.8 Å². The summed E-state index contributed by atoms with van der Waals surface area (Å²) in [4.78, 5) is 14.1. The van der Waals surface area contributed by atoms with Gasteiger partial charge in [-0.3, -0.25) is 4.79 Å². The molecule has 0 spiro atoms. The number of carbonyl (C=O) groups is 1. The highest BCUT2D eigenvalue weighted by molar-refractivity contribution is 7.89. The van der Waals surface area contributed by atoms with Crippen LogP contribution in [0.15, 0.2) is 29.2 Å². The fraction of sp³-hybridized carbons (Fsp3) is 0.588. The number of hydrogen-bond donors (Lipinski definition) is 1. The second-order valence-electron chi connectivity index (χ2n) is 6.44. The molecule has 0 radical (unpaired) electrons. The first-order valence-electron chi connectivity index (χ1n) is 8.53. The van der Waals surface area contributed by atoms with E-state index in [1.54, 1.807) is 17.0 Å². The maximum atomic E-state index is 12.4. The van der Waals surface area contributed by atoms with E-state index in [4.69, 9.17) is 4.74 Å². The molecule has 132 valence electrons. The lowest BCUT2D eigenvalue weighted by atomic mass is 10.0. The zero-order valence-electron chi connectivity index (χ0n) is 13.7. The van der Waals surface area contributed by atoms with Gasteiger partial charge in [0.15, 0.2) is 0 Å². The van der Waals surface area contributed by atoms with E-state index in [1.807, 2.05) is 0 Å². The van der Waals surface area contributed by atoms with Gasteiger partial charge in [0, 0.05) is 38.4 Å². The summed E-state index contributed by atoms with van der Waals surface area (Å²) in [5.41, 5.74) is 0.431. The summed E-state index contributed by atoms with van der Waals surface area (Å²) in [6.45, 7) is 3.50. The second kappa shape index (κ2) is 7.63. The second-order valence-corrected chi connectivity index (χ2v) is 8.21. The van der Waals surface area contributed by atoms with Gasteiger partial charge in [-0.15, -0.1) is 0 Å². The molecular formula is C17H24N2O4S. The minimum atomic E-state index is -3.58. The van der Waals surface area contributed by atoms with Gasteiger partial charge < -0.3 is 9.64 Å². The molecule has 2 saturated heterocycles. The maximum Gasteiger partial charge on any atom is 0.253 e. The first-order valence-corrected chi connectivity index (χ1v) is 10.0. The highest BCUT2D eigenvalue weighted by Gasteiger charge is 2.23. The molecule has 0 aromatic heterocycles. The van der Waals surface area contributed by atoms with Gasteiger partial charge in [0.25, 0.3) is 5.91 Å². The van der Waals surface area contributed by atoms with Gasteiger partial charge in [0.1, 0.15) is 0 Å². The Morgan fingerprint density at radius 3 is 2.83 bits per heavy atom. The summed E-state index contributed by atoms with van der Waals surface area (Å²) in [5, 5.41) is 0. The Hall–Kier alpha value is -1.44. The van der Waals surface area contributed by atoms with E-state index in [0.717, 1.165) is 52.0 Å². The van der Waals surface area contributed by atoms with Gasteiger partial charge in [0.05, 0.1) is 4.90 Å². The number of sulfonamides is 1. The first kappa shape index (κ1) is 17.4. The summed E-state index contributed by atoms with van der Waals surface area (Å²) in [5.74, 6) is 0.450. The van der Waals surface area contributed by atoms with Crippen LogP contribution in [0.3, 0.4) is 0 Å². The van der Waals surface area contributed by atoms with E-state index in [0.29, 0.717) is 18.0 Å². The molecule has 7 heteroatoms. The Bertz CT molecular complexity index is 680. The van der Waals surface area contributed by atoms with E-state index in [2.05, 4.69) is 4.72 Å². The molecular weight excluding hydrogens is 328 g/mol. The number of benzene rings is 1. The molecule has 24 heavy (non-hydrogen) atoms.